The van der Waals surface area contributed by atoms with Gasteiger partial charge in [0.2, 0.25) is 0 Å². The molecule has 0 radical (unpaired) electrons. The Morgan fingerprint density at radius 1 is 1.59 bits per heavy atom. The Bertz CT molecular complexity index is 347. The van der Waals surface area contributed by atoms with E-state index in [0.29, 0.717) is 4.88 Å². The fraction of sp³-hybridized carbons (Fsp3) is 0.583. The van der Waals surface area contributed by atoms with E-state index in [1.165, 1.54) is 16.2 Å². The predicted octanol–water partition coefficient (Wildman–Crippen LogP) is 0.209. The van der Waals surface area contributed by atoms with Crippen molar-refractivity contribution in [2.24, 2.45) is 0 Å². The van der Waals surface area contributed by atoms with E-state index in [2.05, 4.69) is 0 Å². The van der Waals surface area contributed by atoms with Crippen molar-refractivity contribution in [2.45, 2.75) is 13.0 Å². The molecule has 0 aliphatic carbocycles. The van der Waals surface area contributed by atoms with Gasteiger partial charge in [-0.05, 0) is 18.4 Å². The van der Waals surface area contributed by atoms with Gasteiger partial charge in [-0.2, -0.15) is 0 Å². The molecule has 2 rings (SSSR count). The van der Waals surface area contributed by atoms with Crippen LogP contribution >= 0.6 is 11.3 Å². The zero-order valence-electron chi connectivity index (χ0n) is 9.98. The number of hydrogen-bond donors (Lipinski definition) is 1. The summed E-state index contributed by atoms with van der Waals surface area (Å²) in [5, 5.41) is 1.88. The smallest absolute Gasteiger partial charge is 0.348 e. The van der Waals surface area contributed by atoms with Crippen LogP contribution in [0.4, 0.5) is 0 Å². The number of quaternary nitrogens is 1. The van der Waals surface area contributed by atoms with Gasteiger partial charge in [-0.3, -0.25) is 0 Å². The monoisotopic (exact) mass is 256 g/mol. The van der Waals surface area contributed by atoms with Crippen molar-refractivity contribution < 1.29 is 19.2 Å². The van der Waals surface area contributed by atoms with E-state index in [1.54, 1.807) is 6.07 Å². The zero-order chi connectivity index (χ0) is 12.1. The van der Waals surface area contributed by atoms with Crippen molar-refractivity contribution in [3.8, 4) is 0 Å². The maximum absolute atomic E-state index is 11.7. The lowest BCUT2D eigenvalue weighted by Crippen LogP contribution is -3.15. The molecular formula is C12H18NO3S+. The highest BCUT2D eigenvalue weighted by molar-refractivity contribution is 7.11. The standard InChI is InChI=1S/C12H17NO3S/c1-10(9-13-4-6-15-7-5-13)16-12(14)11-3-2-8-17-11/h2-3,8,10H,4-7,9H2,1H3/p+1/t10-/m0/s1. The normalized spacial score (nSPS) is 18.9. The van der Waals surface area contributed by atoms with Crippen molar-refractivity contribution in [1.82, 2.24) is 0 Å². The van der Waals surface area contributed by atoms with Crippen molar-refractivity contribution >= 4 is 17.3 Å². The summed E-state index contributed by atoms with van der Waals surface area (Å²) in [4.78, 5) is 13.8. The topological polar surface area (TPSA) is 40.0 Å². The van der Waals surface area contributed by atoms with E-state index in [-0.39, 0.29) is 12.1 Å². The molecule has 1 saturated heterocycles. The first-order valence-corrected chi connectivity index (χ1v) is 6.79. The number of esters is 1. The molecule has 2 heterocycles. The van der Waals surface area contributed by atoms with Gasteiger partial charge in [-0.25, -0.2) is 4.79 Å². The van der Waals surface area contributed by atoms with E-state index >= 15 is 0 Å². The summed E-state index contributed by atoms with van der Waals surface area (Å²) >= 11 is 1.42. The molecule has 4 nitrogen and oxygen atoms in total. The van der Waals surface area contributed by atoms with Gasteiger partial charge in [0.25, 0.3) is 0 Å². The molecule has 0 spiro atoms. The van der Waals surface area contributed by atoms with Gasteiger partial charge in [0.1, 0.15) is 30.6 Å². The summed E-state index contributed by atoms with van der Waals surface area (Å²) < 4.78 is 10.7. The third-order valence-corrected chi connectivity index (χ3v) is 3.66. The van der Waals surface area contributed by atoms with Crippen LogP contribution in [0.3, 0.4) is 0 Å². The van der Waals surface area contributed by atoms with E-state index in [4.69, 9.17) is 9.47 Å². The molecular weight excluding hydrogens is 238 g/mol. The Balaban J connectivity index is 1.76. The molecule has 0 unspecified atom stereocenters. The van der Waals surface area contributed by atoms with Gasteiger partial charge >= 0.3 is 5.97 Å². The first kappa shape index (κ1) is 12.5. The van der Waals surface area contributed by atoms with Gasteiger partial charge in [0, 0.05) is 0 Å². The fourth-order valence-corrected chi connectivity index (χ4v) is 2.55. The second-order valence-electron chi connectivity index (χ2n) is 4.26. The summed E-state index contributed by atoms with van der Waals surface area (Å²) in [6.07, 6.45) is -0.0438. The molecule has 17 heavy (non-hydrogen) atoms. The first-order valence-electron chi connectivity index (χ1n) is 5.91. The molecule has 1 atom stereocenters. The van der Waals surface area contributed by atoms with Crippen LogP contribution < -0.4 is 4.90 Å². The van der Waals surface area contributed by atoms with Gasteiger partial charge in [0.05, 0.1) is 13.2 Å². The van der Waals surface area contributed by atoms with Crippen LogP contribution in [0.1, 0.15) is 16.6 Å². The molecule has 1 aromatic rings. The Morgan fingerprint density at radius 2 is 2.35 bits per heavy atom. The highest BCUT2D eigenvalue weighted by Gasteiger charge is 2.20. The molecule has 0 amide bonds. The Labute approximate surface area is 105 Å². The van der Waals surface area contributed by atoms with E-state index in [1.807, 2.05) is 18.4 Å². The lowest BCUT2D eigenvalue weighted by atomic mass is 10.3. The minimum Gasteiger partial charge on any atom is -0.452 e. The minimum atomic E-state index is -0.208. The first-order chi connectivity index (χ1) is 8.25. The lowest BCUT2D eigenvalue weighted by Gasteiger charge is -2.26. The molecule has 1 aromatic heterocycles. The average molecular weight is 256 g/mol. The predicted molar refractivity (Wildman–Crippen MR) is 65.6 cm³/mol. The molecule has 1 aliphatic rings. The van der Waals surface area contributed by atoms with Crippen LogP contribution in [-0.4, -0.2) is 44.9 Å². The summed E-state index contributed by atoms with van der Waals surface area (Å²) in [6, 6.07) is 3.65. The molecule has 5 heteroatoms. The van der Waals surface area contributed by atoms with Gasteiger partial charge in [-0.1, -0.05) is 6.07 Å². The van der Waals surface area contributed by atoms with Crippen LogP contribution in [-0.2, 0) is 9.47 Å². The number of ether oxygens (including phenoxy) is 2. The van der Waals surface area contributed by atoms with Crippen LogP contribution in [0, 0.1) is 0 Å². The third kappa shape index (κ3) is 3.80. The van der Waals surface area contributed by atoms with Crippen LogP contribution in [0.2, 0.25) is 0 Å². The van der Waals surface area contributed by atoms with Crippen molar-refractivity contribution in [2.75, 3.05) is 32.8 Å². The summed E-state index contributed by atoms with van der Waals surface area (Å²) in [5.41, 5.74) is 0. The van der Waals surface area contributed by atoms with Crippen LogP contribution in [0.5, 0.6) is 0 Å². The average Bonchev–Trinajstić information content (AvgIpc) is 2.83. The highest BCUT2D eigenvalue weighted by Crippen LogP contribution is 2.10. The number of carbonyl (C=O) groups is 1. The lowest BCUT2D eigenvalue weighted by molar-refractivity contribution is -0.910. The number of carbonyl (C=O) groups excluding carboxylic acids is 1. The highest BCUT2D eigenvalue weighted by atomic mass is 32.1. The molecule has 94 valence electrons. The van der Waals surface area contributed by atoms with Crippen molar-refractivity contribution in [3.63, 3.8) is 0 Å². The van der Waals surface area contributed by atoms with Gasteiger partial charge < -0.3 is 14.4 Å². The summed E-state index contributed by atoms with van der Waals surface area (Å²) in [6.45, 7) is 6.43. The minimum absolute atomic E-state index is 0.0438. The molecule has 0 aromatic carbocycles. The Morgan fingerprint density at radius 3 is 3.00 bits per heavy atom. The van der Waals surface area contributed by atoms with Crippen LogP contribution in [0.15, 0.2) is 17.5 Å². The van der Waals surface area contributed by atoms with Crippen LogP contribution in [0.25, 0.3) is 0 Å². The van der Waals surface area contributed by atoms with Crippen molar-refractivity contribution in [3.05, 3.63) is 22.4 Å². The van der Waals surface area contributed by atoms with E-state index < -0.39 is 0 Å². The van der Waals surface area contributed by atoms with Gasteiger partial charge in [0.15, 0.2) is 0 Å². The quantitative estimate of drug-likeness (QED) is 0.783. The number of nitrogens with one attached hydrogen (secondary N) is 1. The summed E-state index contributed by atoms with van der Waals surface area (Å²) in [5.74, 6) is -0.208. The Kier molecular flexibility index (Phi) is 4.53. The van der Waals surface area contributed by atoms with E-state index in [9.17, 15) is 4.79 Å². The number of rotatable bonds is 4. The summed E-state index contributed by atoms with van der Waals surface area (Å²) in [7, 11) is 0. The maximum Gasteiger partial charge on any atom is 0.348 e. The molecule has 1 aliphatic heterocycles. The number of morpholine rings is 1. The second-order valence-corrected chi connectivity index (χ2v) is 5.21. The molecule has 1 fully saturated rings. The maximum atomic E-state index is 11.7. The van der Waals surface area contributed by atoms with Gasteiger partial charge in [-0.15, -0.1) is 11.3 Å². The third-order valence-electron chi connectivity index (χ3n) is 2.81. The SMILES string of the molecule is C[C@@H](C[NH+]1CCOCC1)OC(=O)c1cccs1. The largest absolute Gasteiger partial charge is 0.452 e. The second kappa shape index (κ2) is 6.14. The van der Waals surface area contributed by atoms with E-state index in [0.717, 1.165) is 32.8 Å². The molecule has 1 N–H and O–H groups in total. The molecule has 0 saturated carbocycles. The number of thiophene rings is 1. The van der Waals surface area contributed by atoms with Crippen molar-refractivity contribution in [1.29, 1.82) is 0 Å². The fourth-order valence-electron chi connectivity index (χ4n) is 1.95. The number of hydrogen-bond acceptors (Lipinski definition) is 4. The zero-order valence-corrected chi connectivity index (χ0v) is 10.8. The molecule has 0 bridgehead atoms. The Hall–Kier alpha value is -0.910.